The van der Waals surface area contributed by atoms with Crippen molar-refractivity contribution >= 4 is 5.69 Å². The highest BCUT2D eigenvalue weighted by atomic mass is 19.3. The number of alkyl halides is 2. The van der Waals surface area contributed by atoms with Gasteiger partial charge in [0.25, 0.3) is 6.43 Å². The second kappa shape index (κ2) is 5.02. The van der Waals surface area contributed by atoms with Crippen molar-refractivity contribution in [3.8, 4) is 0 Å². The molecule has 0 bridgehead atoms. The number of hydrogen-bond donors (Lipinski definition) is 1. The number of nitrogens with zero attached hydrogens (tertiary/aromatic N) is 1. The molecule has 0 aliphatic rings. The summed E-state index contributed by atoms with van der Waals surface area (Å²) in [6, 6.07) is 3.93. The van der Waals surface area contributed by atoms with Crippen LogP contribution in [0.4, 0.5) is 18.9 Å². The van der Waals surface area contributed by atoms with E-state index in [0.717, 1.165) is 0 Å². The Bertz CT molecular complexity index is 328. The summed E-state index contributed by atoms with van der Waals surface area (Å²) in [5.74, 6) is -0.412. The van der Waals surface area contributed by atoms with Gasteiger partial charge in [0.2, 0.25) is 0 Å². The van der Waals surface area contributed by atoms with E-state index >= 15 is 0 Å². The molecule has 0 saturated heterocycles. The van der Waals surface area contributed by atoms with E-state index in [-0.39, 0.29) is 13.1 Å². The molecule has 0 unspecified atom stereocenters. The van der Waals surface area contributed by atoms with Crippen molar-refractivity contribution in [1.82, 2.24) is 4.90 Å². The Morgan fingerprint density at radius 3 is 2.67 bits per heavy atom. The van der Waals surface area contributed by atoms with E-state index in [1.807, 2.05) is 0 Å². The fraction of sp³-hybridized carbons (Fsp3) is 0.400. The Hall–Kier alpha value is -1.23. The topological polar surface area (TPSA) is 29.3 Å². The van der Waals surface area contributed by atoms with Crippen LogP contribution in [-0.4, -0.2) is 24.9 Å². The molecule has 0 heterocycles. The molecule has 0 amide bonds. The first kappa shape index (κ1) is 11.8. The van der Waals surface area contributed by atoms with Crippen molar-refractivity contribution in [2.24, 2.45) is 0 Å². The molecule has 5 heteroatoms. The van der Waals surface area contributed by atoms with Crippen molar-refractivity contribution in [2.75, 3.05) is 19.3 Å². The predicted octanol–water partition coefficient (Wildman–Crippen LogP) is 2.10. The highest BCUT2D eigenvalue weighted by Gasteiger charge is 2.10. The van der Waals surface area contributed by atoms with Crippen molar-refractivity contribution in [3.05, 3.63) is 29.6 Å². The molecule has 0 aromatic heterocycles. The maximum Gasteiger partial charge on any atom is 0.251 e. The molecule has 0 fully saturated rings. The number of nitrogens with two attached hydrogens (primary N) is 1. The molecule has 0 radical (unpaired) electrons. The van der Waals surface area contributed by atoms with Crippen LogP contribution in [0.25, 0.3) is 0 Å². The summed E-state index contributed by atoms with van der Waals surface area (Å²) in [7, 11) is 1.54. The third kappa shape index (κ3) is 3.79. The fourth-order valence-corrected chi connectivity index (χ4v) is 1.30. The highest BCUT2D eigenvalue weighted by Crippen LogP contribution is 2.15. The standard InChI is InChI=1S/C10H13F3N2/c1-15(6-10(12)13)5-7-4-8(11)2-3-9(7)14/h2-4,10H,5-6,14H2,1H3. The Morgan fingerprint density at radius 2 is 2.07 bits per heavy atom. The molecule has 1 aromatic carbocycles. The Morgan fingerprint density at radius 1 is 1.40 bits per heavy atom. The van der Waals surface area contributed by atoms with Gasteiger partial charge >= 0.3 is 0 Å². The van der Waals surface area contributed by atoms with Gasteiger partial charge in [-0.1, -0.05) is 0 Å². The normalized spacial score (nSPS) is 11.3. The minimum Gasteiger partial charge on any atom is -0.398 e. The van der Waals surface area contributed by atoms with Crippen LogP contribution < -0.4 is 5.73 Å². The van der Waals surface area contributed by atoms with Crippen LogP contribution in [0, 0.1) is 5.82 Å². The molecule has 0 aliphatic heterocycles. The van der Waals surface area contributed by atoms with Crippen LogP contribution >= 0.6 is 0 Å². The Labute approximate surface area is 86.5 Å². The zero-order valence-corrected chi connectivity index (χ0v) is 8.38. The van der Waals surface area contributed by atoms with Gasteiger partial charge in [0, 0.05) is 12.2 Å². The van der Waals surface area contributed by atoms with Gasteiger partial charge in [-0.2, -0.15) is 0 Å². The zero-order valence-electron chi connectivity index (χ0n) is 8.38. The summed E-state index contributed by atoms with van der Waals surface area (Å²) in [5, 5.41) is 0. The second-order valence-electron chi connectivity index (χ2n) is 3.43. The average molecular weight is 218 g/mol. The molecule has 0 saturated carbocycles. The van der Waals surface area contributed by atoms with Gasteiger partial charge in [-0.25, -0.2) is 13.2 Å². The number of rotatable bonds is 4. The van der Waals surface area contributed by atoms with Gasteiger partial charge in [0.05, 0.1) is 6.54 Å². The number of anilines is 1. The maximum absolute atomic E-state index is 12.8. The summed E-state index contributed by atoms with van der Waals surface area (Å²) in [6.07, 6.45) is -2.40. The van der Waals surface area contributed by atoms with E-state index in [1.165, 1.54) is 30.1 Å². The van der Waals surface area contributed by atoms with Crippen molar-refractivity contribution in [2.45, 2.75) is 13.0 Å². The predicted molar refractivity (Wildman–Crippen MR) is 53.2 cm³/mol. The molecule has 0 spiro atoms. The molecule has 1 aromatic rings. The smallest absolute Gasteiger partial charge is 0.251 e. The summed E-state index contributed by atoms with van der Waals surface area (Å²) in [4.78, 5) is 1.40. The highest BCUT2D eigenvalue weighted by molar-refractivity contribution is 5.46. The molecule has 1 rings (SSSR count). The Kier molecular flexibility index (Phi) is 3.96. The molecule has 2 nitrogen and oxygen atoms in total. The summed E-state index contributed by atoms with van der Waals surface area (Å²) >= 11 is 0. The minimum atomic E-state index is -2.40. The van der Waals surface area contributed by atoms with Gasteiger partial charge < -0.3 is 5.73 Å². The van der Waals surface area contributed by atoms with Gasteiger partial charge in [-0.05, 0) is 30.8 Å². The maximum atomic E-state index is 12.8. The first-order chi connectivity index (χ1) is 6.99. The largest absolute Gasteiger partial charge is 0.398 e. The molecule has 0 aliphatic carbocycles. The monoisotopic (exact) mass is 218 g/mol. The van der Waals surface area contributed by atoms with Crippen LogP contribution in [0.3, 0.4) is 0 Å². The van der Waals surface area contributed by atoms with Gasteiger partial charge in [0.15, 0.2) is 0 Å². The minimum absolute atomic E-state index is 0.216. The van der Waals surface area contributed by atoms with Gasteiger partial charge in [-0.15, -0.1) is 0 Å². The number of benzene rings is 1. The third-order valence-corrected chi connectivity index (χ3v) is 1.99. The molecule has 15 heavy (non-hydrogen) atoms. The van der Waals surface area contributed by atoms with Crippen molar-refractivity contribution in [1.29, 1.82) is 0 Å². The van der Waals surface area contributed by atoms with Crippen LogP contribution in [-0.2, 0) is 6.54 Å². The first-order valence-corrected chi connectivity index (χ1v) is 4.49. The van der Waals surface area contributed by atoms with E-state index < -0.39 is 12.2 Å². The summed E-state index contributed by atoms with van der Waals surface area (Å²) < 4.78 is 36.9. The van der Waals surface area contributed by atoms with Crippen LogP contribution in [0.5, 0.6) is 0 Å². The van der Waals surface area contributed by atoms with Crippen LogP contribution in [0.15, 0.2) is 18.2 Å². The quantitative estimate of drug-likeness (QED) is 0.784. The van der Waals surface area contributed by atoms with E-state index in [0.29, 0.717) is 11.3 Å². The molecular weight excluding hydrogens is 205 g/mol. The van der Waals surface area contributed by atoms with E-state index in [4.69, 9.17) is 5.73 Å². The molecule has 84 valence electrons. The number of hydrogen-bond acceptors (Lipinski definition) is 2. The lowest BCUT2D eigenvalue weighted by Gasteiger charge is -2.17. The van der Waals surface area contributed by atoms with Crippen LogP contribution in [0.2, 0.25) is 0 Å². The van der Waals surface area contributed by atoms with Gasteiger partial charge in [0.1, 0.15) is 5.82 Å². The number of nitrogen functional groups attached to an aromatic ring is 1. The molecule has 0 atom stereocenters. The second-order valence-corrected chi connectivity index (χ2v) is 3.43. The van der Waals surface area contributed by atoms with E-state index in [9.17, 15) is 13.2 Å². The molecular formula is C10H13F3N2. The third-order valence-electron chi connectivity index (χ3n) is 1.99. The first-order valence-electron chi connectivity index (χ1n) is 4.49. The molecule has 2 N–H and O–H groups in total. The van der Waals surface area contributed by atoms with E-state index in [1.54, 1.807) is 0 Å². The van der Waals surface area contributed by atoms with Gasteiger partial charge in [-0.3, -0.25) is 4.90 Å². The number of halogens is 3. The van der Waals surface area contributed by atoms with E-state index in [2.05, 4.69) is 0 Å². The fourth-order valence-electron chi connectivity index (χ4n) is 1.30. The Balaban J connectivity index is 2.67. The average Bonchev–Trinajstić information content (AvgIpc) is 2.10. The lowest BCUT2D eigenvalue weighted by molar-refractivity contribution is 0.0976. The zero-order chi connectivity index (χ0) is 11.4. The lowest BCUT2D eigenvalue weighted by atomic mass is 10.1. The SMILES string of the molecule is CN(Cc1cc(F)ccc1N)CC(F)F. The van der Waals surface area contributed by atoms with Crippen molar-refractivity contribution in [3.63, 3.8) is 0 Å². The van der Waals surface area contributed by atoms with Crippen LogP contribution in [0.1, 0.15) is 5.56 Å². The lowest BCUT2D eigenvalue weighted by Crippen LogP contribution is -2.24. The summed E-state index contributed by atoms with van der Waals surface area (Å²) in [5.41, 5.74) is 6.53. The van der Waals surface area contributed by atoms with Crippen molar-refractivity contribution < 1.29 is 13.2 Å². The summed E-state index contributed by atoms with van der Waals surface area (Å²) in [6.45, 7) is -0.135.